The summed E-state index contributed by atoms with van der Waals surface area (Å²) < 4.78 is 1.53. The number of pyridine rings is 1. The highest BCUT2D eigenvalue weighted by Crippen LogP contribution is 2.15. The number of amides is 1. The molecule has 0 saturated carbocycles. The van der Waals surface area contributed by atoms with E-state index in [0.717, 1.165) is 17.7 Å². The van der Waals surface area contributed by atoms with Crippen molar-refractivity contribution in [3.63, 3.8) is 0 Å². The SMILES string of the molecule is CCc1ccccc1NC(=O)CCn1ccccc1=O. The van der Waals surface area contributed by atoms with Crippen LogP contribution < -0.4 is 10.9 Å². The zero-order valence-corrected chi connectivity index (χ0v) is 11.5. The van der Waals surface area contributed by atoms with Gasteiger partial charge in [0.15, 0.2) is 0 Å². The number of anilines is 1. The lowest BCUT2D eigenvalue weighted by molar-refractivity contribution is -0.116. The Morgan fingerprint density at radius 2 is 1.90 bits per heavy atom. The topological polar surface area (TPSA) is 51.1 Å². The number of para-hydroxylation sites is 1. The zero-order chi connectivity index (χ0) is 14.4. The maximum Gasteiger partial charge on any atom is 0.250 e. The number of hydrogen-bond acceptors (Lipinski definition) is 2. The Bertz CT molecular complexity index is 647. The molecule has 0 atom stereocenters. The minimum Gasteiger partial charge on any atom is -0.326 e. The molecule has 1 aromatic heterocycles. The quantitative estimate of drug-likeness (QED) is 0.907. The largest absolute Gasteiger partial charge is 0.326 e. The Morgan fingerprint density at radius 1 is 1.15 bits per heavy atom. The van der Waals surface area contributed by atoms with Gasteiger partial charge in [-0.25, -0.2) is 0 Å². The molecule has 0 unspecified atom stereocenters. The lowest BCUT2D eigenvalue weighted by atomic mass is 10.1. The van der Waals surface area contributed by atoms with Crippen LogP contribution in [0.1, 0.15) is 18.9 Å². The molecule has 0 aliphatic carbocycles. The molecule has 0 spiro atoms. The number of carbonyl (C=O) groups is 1. The average Bonchev–Trinajstić information content (AvgIpc) is 2.47. The third-order valence-corrected chi connectivity index (χ3v) is 3.15. The van der Waals surface area contributed by atoms with Gasteiger partial charge >= 0.3 is 0 Å². The van der Waals surface area contributed by atoms with Crippen LogP contribution in [0.15, 0.2) is 53.5 Å². The molecule has 2 rings (SSSR count). The van der Waals surface area contributed by atoms with Crippen LogP contribution in [-0.2, 0) is 17.8 Å². The zero-order valence-electron chi connectivity index (χ0n) is 11.5. The van der Waals surface area contributed by atoms with Crippen LogP contribution in [0.4, 0.5) is 5.69 Å². The molecule has 4 nitrogen and oxygen atoms in total. The molecule has 0 aliphatic heterocycles. The minimum atomic E-state index is -0.0886. The molecular formula is C16H18N2O2. The lowest BCUT2D eigenvalue weighted by Crippen LogP contribution is -2.22. The van der Waals surface area contributed by atoms with Gasteiger partial charge in [0.25, 0.3) is 5.56 Å². The summed E-state index contributed by atoms with van der Waals surface area (Å²) in [6.45, 7) is 2.44. The number of aryl methyl sites for hydroxylation is 2. The van der Waals surface area contributed by atoms with Crippen molar-refractivity contribution in [3.05, 3.63) is 64.6 Å². The Morgan fingerprint density at radius 3 is 2.65 bits per heavy atom. The van der Waals surface area contributed by atoms with Crippen molar-refractivity contribution in [1.29, 1.82) is 0 Å². The van der Waals surface area contributed by atoms with Crippen molar-refractivity contribution in [3.8, 4) is 0 Å². The van der Waals surface area contributed by atoms with Crippen molar-refractivity contribution < 1.29 is 4.79 Å². The third kappa shape index (κ3) is 3.57. The van der Waals surface area contributed by atoms with Gasteiger partial charge in [-0.05, 0) is 24.1 Å². The first-order valence-electron chi connectivity index (χ1n) is 6.74. The first kappa shape index (κ1) is 14.1. The molecule has 0 fully saturated rings. The van der Waals surface area contributed by atoms with Crippen LogP contribution >= 0.6 is 0 Å². The number of benzene rings is 1. The van der Waals surface area contributed by atoms with Gasteiger partial charge in [0.05, 0.1) is 0 Å². The molecule has 1 aromatic carbocycles. The van der Waals surface area contributed by atoms with Crippen molar-refractivity contribution in [1.82, 2.24) is 4.57 Å². The van der Waals surface area contributed by atoms with E-state index in [9.17, 15) is 9.59 Å². The van der Waals surface area contributed by atoms with E-state index in [-0.39, 0.29) is 17.9 Å². The Labute approximate surface area is 118 Å². The van der Waals surface area contributed by atoms with Crippen LogP contribution in [0.3, 0.4) is 0 Å². The molecule has 0 bridgehead atoms. The minimum absolute atomic E-state index is 0.0818. The lowest BCUT2D eigenvalue weighted by Gasteiger charge is -2.10. The smallest absolute Gasteiger partial charge is 0.250 e. The predicted molar refractivity (Wildman–Crippen MR) is 79.8 cm³/mol. The summed E-state index contributed by atoms with van der Waals surface area (Å²) in [6, 6.07) is 12.7. The van der Waals surface area contributed by atoms with Gasteiger partial charge in [0, 0.05) is 30.9 Å². The maximum absolute atomic E-state index is 11.9. The van der Waals surface area contributed by atoms with Gasteiger partial charge in [-0.3, -0.25) is 9.59 Å². The van der Waals surface area contributed by atoms with E-state index in [0.29, 0.717) is 6.54 Å². The van der Waals surface area contributed by atoms with Crippen molar-refractivity contribution in [2.75, 3.05) is 5.32 Å². The van der Waals surface area contributed by atoms with Gasteiger partial charge in [-0.2, -0.15) is 0 Å². The Kier molecular flexibility index (Phi) is 4.71. The van der Waals surface area contributed by atoms with E-state index < -0.39 is 0 Å². The van der Waals surface area contributed by atoms with Gasteiger partial charge in [0.2, 0.25) is 5.91 Å². The molecule has 4 heteroatoms. The van der Waals surface area contributed by atoms with E-state index >= 15 is 0 Å². The third-order valence-electron chi connectivity index (χ3n) is 3.15. The highest BCUT2D eigenvalue weighted by molar-refractivity contribution is 5.91. The van der Waals surface area contributed by atoms with Crippen molar-refractivity contribution in [2.45, 2.75) is 26.3 Å². The Hall–Kier alpha value is -2.36. The number of nitrogens with one attached hydrogen (secondary N) is 1. The fraction of sp³-hybridized carbons (Fsp3) is 0.250. The average molecular weight is 270 g/mol. The van der Waals surface area contributed by atoms with Crippen LogP contribution in [0.25, 0.3) is 0 Å². The normalized spacial score (nSPS) is 10.2. The molecule has 1 heterocycles. The first-order valence-corrected chi connectivity index (χ1v) is 6.74. The second-order valence-corrected chi connectivity index (χ2v) is 4.54. The molecule has 1 N–H and O–H groups in total. The fourth-order valence-corrected chi connectivity index (χ4v) is 2.03. The van der Waals surface area contributed by atoms with Gasteiger partial charge < -0.3 is 9.88 Å². The van der Waals surface area contributed by atoms with E-state index in [4.69, 9.17) is 0 Å². The fourth-order valence-electron chi connectivity index (χ4n) is 2.03. The van der Waals surface area contributed by atoms with Gasteiger partial charge in [-0.15, -0.1) is 0 Å². The summed E-state index contributed by atoms with van der Waals surface area (Å²) in [5, 5.41) is 2.90. The number of aromatic nitrogens is 1. The first-order chi connectivity index (χ1) is 9.70. The monoisotopic (exact) mass is 270 g/mol. The van der Waals surface area contributed by atoms with Crippen molar-refractivity contribution >= 4 is 11.6 Å². The molecule has 104 valence electrons. The standard InChI is InChI=1S/C16H18N2O2/c1-2-13-7-3-4-8-14(13)17-15(19)10-12-18-11-6-5-9-16(18)20/h3-9,11H,2,10,12H2,1H3,(H,17,19). The summed E-state index contributed by atoms with van der Waals surface area (Å²) in [7, 11) is 0. The second kappa shape index (κ2) is 6.70. The summed E-state index contributed by atoms with van der Waals surface area (Å²) in [6.07, 6.45) is 2.84. The number of nitrogens with zero attached hydrogens (tertiary/aromatic N) is 1. The summed E-state index contributed by atoms with van der Waals surface area (Å²) in [4.78, 5) is 23.5. The molecule has 1 amide bonds. The number of rotatable bonds is 5. The van der Waals surface area contributed by atoms with Crippen LogP contribution in [0, 0.1) is 0 Å². The molecule has 2 aromatic rings. The van der Waals surface area contributed by atoms with Crippen LogP contribution in [-0.4, -0.2) is 10.5 Å². The second-order valence-electron chi connectivity index (χ2n) is 4.54. The van der Waals surface area contributed by atoms with Crippen LogP contribution in [0.2, 0.25) is 0 Å². The molecule has 20 heavy (non-hydrogen) atoms. The molecule has 0 saturated heterocycles. The van der Waals surface area contributed by atoms with Crippen molar-refractivity contribution in [2.24, 2.45) is 0 Å². The van der Waals surface area contributed by atoms with E-state index in [1.807, 2.05) is 24.3 Å². The highest BCUT2D eigenvalue weighted by atomic mass is 16.1. The maximum atomic E-state index is 11.9. The number of hydrogen-bond donors (Lipinski definition) is 1. The number of carbonyl (C=O) groups excluding carboxylic acids is 1. The molecular weight excluding hydrogens is 252 g/mol. The highest BCUT2D eigenvalue weighted by Gasteiger charge is 2.06. The van der Waals surface area contributed by atoms with E-state index in [2.05, 4.69) is 12.2 Å². The predicted octanol–water partition coefficient (Wildman–Crippen LogP) is 2.44. The summed E-state index contributed by atoms with van der Waals surface area (Å²) in [5.41, 5.74) is 1.87. The molecule has 0 radical (unpaired) electrons. The van der Waals surface area contributed by atoms with E-state index in [1.165, 1.54) is 10.6 Å². The Balaban J connectivity index is 1.96. The summed E-state index contributed by atoms with van der Waals surface area (Å²) in [5.74, 6) is -0.0818. The van der Waals surface area contributed by atoms with Gasteiger partial charge in [0.1, 0.15) is 0 Å². The van der Waals surface area contributed by atoms with Gasteiger partial charge in [-0.1, -0.05) is 31.2 Å². The summed E-state index contributed by atoms with van der Waals surface area (Å²) >= 11 is 0. The molecule has 0 aliphatic rings. The van der Waals surface area contributed by atoms with Crippen LogP contribution in [0.5, 0.6) is 0 Å². The van der Waals surface area contributed by atoms with E-state index in [1.54, 1.807) is 18.3 Å².